The molecule has 4 aliphatic rings. The molecule has 4 fully saturated rings. The molecule has 0 saturated heterocycles. The summed E-state index contributed by atoms with van der Waals surface area (Å²) in [6.07, 6.45) is -0.199. The van der Waals surface area contributed by atoms with E-state index < -0.39 is 75.8 Å². The van der Waals surface area contributed by atoms with Crippen LogP contribution in [0.3, 0.4) is 0 Å². The first-order valence-electron chi connectivity index (χ1n) is 16.0. The first-order valence-corrected chi connectivity index (χ1v) is 16.0. The molecule has 46 heavy (non-hydrogen) atoms. The van der Waals surface area contributed by atoms with Crippen LogP contribution in [0.1, 0.15) is 69.8 Å². The van der Waals surface area contributed by atoms with Gasteiger partial charge in [-0.15, -0.1) is 0 Å². The molecule has 242 valence electrons. The molecule has 0 heterocycles. The fraction of sp³-hybridized carbons (Fsp3) is 0.474. The van der Waals surface area contributed by atoms with Crippen molar-refractivity contribution in [3.63, 3.8) is 0 Å². The average Bonchev–Trinajstić information content (AvgIpc) is 3.26. The summed E-state index contributed by atoms with van der Waals surface area (Å²) in [5, 5.41) is 12.4. The van der Waals surface area contributed by atoms with Crippen LogP contribution in [0.15, 0.2) is 78.9 Å². The second-order valence-corrected chi connectivity index (χ2v) is 14.2. The molecule has 0 radical (unpaired) electrons. The topological polar surface area (TPSA) is 116 Å². The summed E-state index contributed by atoms with van der Waals surface area (Å²) in [7, 11) is 0. The van der Waals surface area contributed by atoms with E-state index in [0.29, 0.717) is 24.0 Å². The van der Waals surface area contributed by atoms with E-state index in [1.54, 1.807) is 36.4 Å². The van der Waals surface area contributed by atoms with Crippen molar-refractivity contribution in [1.82, 2.24) is 0 Å². The molecule has 0 aromatic heterocycles. The van der Waals surface area contributed by atoms with Crippen molar-refractivity contribution in [3.05, 3.63) is 90.0 Å². The maximum Gasteiger partial charge on any atom is 0.338 e. The van der Waals surface area contributed by atoms with Crippen LogP contribution in [0.2, 0.25) is 0 Å². The second-order valence-electron chi connectivity index (χ2n) is 14.2. The third-order valence-electron chi connectivity index (χ3n) is 12.1. The summed E-state index contributed by atoms with van der Waals surface area (Å²) in [6.45, 7) is 13.7. The van der Waals surface area contributed by atoms with Crippen LogP contribution in [0.5, 0.6) is 0 Å². The van der Waals surface area contributed by atoms with Crippen molar-refractivity contribution < 1.29 is 38.5 Å². The maximum absolute atomic E-state index is 14.0. The molecule has 2 bridgehead atoms. The molecule has 0 aliphatic heterocycles. The zero-order valence-electron chi connectivity index (χ0n) is 27.0. The van der Waals surface area contributed by atoms with Gasteiger partial charge < -0.3 is 19.3 Å². The van der Waals surface area contributed by atoms with E-state index in [1.807, 2.05) is 58.0 Å². The van der Waals surface area contributed by atoms with E-state index in [9.17, 15) is 24.3 Å². The molecule has 1 N–H and O–H groups in total. The third kappa shape index (κ3) is 4.08. The van der Waals surface area contributed by atoms with E-state index in [2.05, 4.69) is 6.58 Å². The monoisotopic (exact) mass is 626 g/mol. The van der Waals surface area contributed by atoms with Crippen LogP contribution in [0.25, 0.3) is 6.08 Å². The zero-order valence-corrected chi connectivity index (χ0v) is 27.0. The van der Waals surface area contributed by atoms with Gasteiger partial charge >= 0.3 is 17.9 Å². The molecule has 4 saturated carbocycles. The Balaban J connectivity index is 1.51. The van der Waals surface area contributed by atoms with E-state index in [1.165, 1.54) is 13.0 Å². The van der Waals surface area contributed by atoms with Crippen molar-refractivity contribution in [1.29, 1.82) is 0 Å². The van der Waals surface area contributed by atoms with Crippen LogP contribution in [-0.2, 0) is 28.6 Å². The Morgan fingerprint density at radius 1 is 0.935 bits per heavy atom. The number of esters is 3. The number of benzene rings is 2. The minimum absolute atomic E-state index is 0.0618. The number of hydrogen-bond acceptors (Lipinski definition) is 8. The number of carbonyl (C=O) groups excluding carboxylic acids is 4. The highest BCUT2D eigenvalue weighted by Gasteiger charge is 2.91. The van der Waals surface area contributed by atoms with Gasteiger partial charge in [-0.2, -0.15) is 0 Å². The van der Waals surface area contributed by atoms with Crippen LogP contribution in [-0.4, -0.2) is 53.2 Å². The number of ether oxygens (including phenoxy) is 3. The molecular formula is C38H42O8. The summed E-state index contributed by atoms with van der Waals surface area (Å²) in [5.74, 6) is -2.96. The SMILES string of the molecule is C=C1[C@@H](OC(=O)/C=C/c2ccccc2)CC[C@@]2(C)[C@@H](O)[C@H](OC(=O)c3ccccc3)[C@]34[C@H](C)C(=O)C[C@@H]([C@@H](OC(C)=O)[C@@]132)C4(C)C. The molecule has 0 amide bonds. The van der Waals surface area contributed by atoms with Crippen molar-refractivity contribution >= 4 is 29.8 Å². The van der Waals surface area contributed by atoms with Gasteiger partial charge in [-0.25, -0.2) is 9.59 Å². The fourth-order valence-corrected chi connectivity index (χ4v) is 10.4. The molecule has 8 nitrogen and oxygen atoms in total. The van der Waals surface area contributed by atoms with Crippen LogP contribution in [0, 0.1) is 33.5 Å². The summed E-state index contributed by atoms with van der Waals surface area (Å²) < 4.78 is 18.7. The minimum atomic E-state index is -1.28. The van der Waals surface area contributed by atoms with Crippen molar-refractivity contribution in [2.75, 3.05) is 0 Å². The average molecular weight is 627 g/mol. The predicted octanol–water partition coefficient (Wildman–Crippen LogP) is 5.74. The first-order chi connectivity index (χ1) is 21.7. The van der Waals surface area contributed by atoms with E-state index in [0.717, 1.165) is 5.56 Å². The van der Waals surface area contributed by atoms with Crippen LogP contribution < -0.4 is 0 Å². The largest absolute Gasteiger partial charge is 0.461 e. The number of rotatable bonds is 6. The predicted molar refractivity (Wildman–Crippen MR) is 170 cm³/mol. The molecule has 6 rings (SSSR count). The summed E-state index contributed by atoms with van der Waals surface area (Å²) >= 11 is 0. The van der Waals surface area contributed by atoms with Gasteiger partial charge in [0.15, 0.2) is 0 Å². The third-order valence-corrected chi connectivity index (χ3v) is 12.1. The number of ketones is 1. The van der Waals surface area contributed by atoms with Gasteiger partial charge in [-0.05, 0) is 47.6 Å². The minimum Gasteiger partial charge on any atom is -0.461 e. The Labute approximate surface area is 269 Å². The highest BCUT2D eigenvalue weighted by atomic mass is 16.6. The number of aliphatic hydroxyl groups is 1. The van der Waals surface area contributed by atoms with Crippen molar-refractivity contribution in [2.24, 2.45) is 33.5 Å². The molecule has 4 aliphatic carbocycles. The van der Waals surface area contributed by atoms with Crippen molar-refractivity contribution in [3.8, 4) is 0 Å². The lowest BCUT2D eigenvalue weighted by Crippen LogP contribution is -2.63. The summed E-state index contributed by atoms with van der Waals surface area (Å²) in [6, 6.07) is 17.9. The van der Waals surface area contributed by atoms with Gasteiger partial charge in [0.25, 0.3) is 0 Å². The van der Waals surface area contributed by atoms with E-state index in [4.69, 9.17) is 14.2 Å². The number of carbonyl (C=O) groups is 4. The summed E-state index contributed by atoms with van der Waals surface area (Å²) in [5.41, 5.74) is -2.75. The molecule has 9 atom stereocenters. The molecule has 0 unspecified atom stereocenters. The molecule has 2 spiro atoms. The fourth-order valence-electron chi connectivity index (χ4n) is 10.4. The quantitative estimate of drug-likeness (QED) is 0.187. The molecular weight excluding hydrogens is 584 g/mol. The van der Waals surface area contributed by atoms with Gasteiger partial charge in [0.05, 0.1) is 17.1 Å². The lowest BCUT2D eigenvalue weighted by atomic mass is 9.42. The number of Topliss-reactive ketones (excluding diaryl/α,β-unsaturated/α-hetero) is 1. The van der Waals surface area contributed by atoms with E-state index >= 15 is 0 Å². The Morgan fingerprint density at radius 2 is 1.57 bits per heavy atom. The maximum atomic E-state index is 14.0. The number of aliphatic hydroxyl groups excluding tert-OH is 1. The van der Waals surface area contributed by atoms with Crippen LogP contribution in [0.4, 0.5) is 0 Å². The first kappa shape index (κ1) is 31.9. The van der Waals surface area contributed by atoms with E-state index in [-0.39, 0.29) is 12.2 Å². The standard InChI is InChI=1S/C38H42O8/c1-22-28(40)21-27-32(44-24(3)39)38-23(2)29(45-30(41)18-17-25-13-9-7-10-14-25)19-20-36(38,6)31(42)33(37(22,38)35(27,4)5)46-34(43)26-15-11-8-12-16-26/h7-18,22,27,29,31-33,42H,2,19-21H2,1,3-6H3/b18-17+/t22-,27+,29+,31+,32-,33+,36+,37+,38-/m1/s1. The highest BCUT2D eigenvalue weighted by Crippen LogP contribution is 2.86. The highest BCUT2D eigenvalue weighted by molar-refractivity contribution is 5.90. The van der Waals surface area contributed by atoms with Gasteiger partial charge in [0.1, 0.15) is 24.1 Å². The Kier molecular flexibility index (Phi) is 7.66. The van der Waals surface area contributed by atoms with Gasteiger partial charge in [0, 0.05) is 42.1 Å². The zero-order chi connectivity index (χ0) is 33.2. The van der Waals surface area contributed by atoms with Crippen molar-refractivity contribution in [2.45, 2.75) is 78.3 Å². The number of fused-ring (bicyclic) bond motifs is 1. The lowest BCUT2D eigenvalue weighted by Gasteiger charge is -2.60. The lowest BCUT2D eigenvalue weighted by molar-refractivity contribution is -0.181. The summed E-state index contributed by atoms with van der Waals surface area (Å²) in [4.78, 5) is 53.8. The van der Waals surface area contributed by atoms with Crippen LogP contribution >= 0.6 is 0 Å². The molecule has 2 aromatic rings. The second kappa shape index (κ2) is 11.0. The molecule has 2 aromatic carbocycles. The molecule has 8 heteroatoms. The Bertz CT molecular complexity index is 1610. The Hall–Kier alpha value is -4.04. The number of hydrogen-bond donors (Lipinski definition) is 1. The van der Waals surface area contributed by atoms with Gasteiger partial charge in [-0.3, -0.25) is 9.59 Å². The normalized spacial score (nSPS) is 37.3. The smallest absolute Gasteiger partial charge is 0.338 e. The Morgan fingerprint density at radius 3 is 2.20 bits per heavy atom. The van der Waals surface area contributed by atoms with Gasteiger partial charge in [0.2, 0.25) is 0 Å². The van der Waals surface area contributed by atoms with Gasteiger partial charge in [-0.1, -0.05) is 82.8 Å².